The monoisotopic (exact) mass is 310 g/mol. The molecule has 0 saturated carbocycles. The summed E-state index contributed by atoms with van der Waals surface area (Å²) in [4.78, 5) is 2.29. The van der Waals surface area contributed by atoms with Crippen molar-refractivity contribution in [2.45, 2.75) is 51.8 Å². The highest BCUT2D eigenvalue weighted by molar-refractivity contribution is 6.31. The fraction of sp³-hybridized carbons (Fsp3) is 0.647. The summed E-state index contributed by atoms with van der Waals surface area (Å²) in [6.45, 7) is 8.33. The fourth-order valence-electron chi connectivity index (χ4n) is 2.98. The van der Waals surface area contributed by atoms with E-state index in [0.29, 0.717) is 6.04 Å². The number of ether oxygens (including phenoxy) is 1. The first-order chi connectivity index (χ1) is 10.0. The van der Waals surface area contributed by atoms with Crippen molar-refractivity contribution in [2.75, 3.05) is 25.1 Å². The molecular weight excluding hydrogens is 284 g/mol. The second-order valence-electron chi connectivity index (χ2n) is 5.92. The lowest BCUT2D eigenvalue weighted by atomic mass is 10.1. The van der Waals surface area contributed by atoms with E-state index >= 15 is 0 Å². The molecule has 1 saturated heterocycles. The zero-order valence-corrected chi connectivity index (χ0v) is 14.3. The van der Waals surface area contributed by atoms with E-state index in [2.05, 4.69) is 56.2 Å². The lowest BCUT2D eigenvalue weighted by Gasteiger charge is -2.29. The quantitative estimate of drug-likeness (QED) is 0.859. The smallest absolute Gasteiger partial charge is 0.0750 e. The number of nitrogens with zero attached hydrogens (tertiary/aromatic N) is 1. The summed E-state index contributed by atoms with van der Waals surface area (Å²) >= 11 is 6.49. The van der Waals surface area contributed by atoms with Crippen LogP contribution in [0.2, 0.25) is 5.02 Å². The van der Waals surface area contributed by atoms with Crippen LogP contribution in [0.15, 0.2) is 18.2 Å². The molecule has 0 spiro atoms. The summed E-state index contributed by atoms with van der Waals surface area (Å²) in [6.07, 6.45) is 2.48. The molecule has 0 aliphatic carbocycles. The van der Waals surface area contributed by atoms with Gasteiger partial charge >= 0.3 is 0 Å². The Bertz CT molecular complexity index is 466. The molecule has 0 aromatic heterocycles. The Balaban J connectivity index is 2.11. The molecule has 1 heterocycles. The Morgan fingerprint density at radius 2 is 2.24 bits per heavy atom. The second-order valence-corrected chi connectivity index (χ2v) is 6.33. The number of anilines is 1. The van der Waals surface area contributed by atoms with Gasteiger partial charge in [-0.3, -0.25) is 0 Å². The predicted molar refractivity (Wildman–Crippen MR) is 90.4 cm³/mol. The number of benzene rings is 1. The average molecular weight is 311 g/mol. The van der Waals surface area contributed by atoms with Crippen LogP contribution in [0.3, 0.4) is 0 Å². The van der Waals surface area contributed by atoms with Crippen molar-refractivity contribution in [1.29, 1.82) is 0 Å². The highest BCUT2D eigenvalue weighted by Crippen LogP contribution is 2.30. The molecule has 4 heteroatoms. The molecule has 2 rings (SSSR count). The third-order valence-corrected chi connectivity index (χ3v) is 4.72. The van der Waals surface area contributed by atoms with Crippen molar-refractivity contribution in [2.24, 2.45) is 0 Å². The molecule has 21 heavy (non-hydrogen) atoms. The summed E-state index contributed by atoms with van der Waals surface area (Å²) in [5.41, 5.74) is 2.33. The van der Waals surface area contributed by atoms with Crippen molar-refractivity contribution in [3.63, 3.8) is 0 Å². The first-order valence-electron chi connectivity index (χ1n) is 7.91. The Hall–Kier alpha value is -0.770. The van der Waals surface area contributed by atoms with Gasteiger partial charge in [-0.2, -0.15) is 0 Å². The first-order valence-corrected chi connectivity index (χ1v) is 8.29. The van der Waals surface area contributed by atoms with Crippen LogP contribution in [0, 0.1) is 0 Å². The number of rotatable bonds is 6. The molecule has 3 nitrogen and oxygen atoms in total. The van der Waals surface area contributed by atoms with Gasteiger partial charge in [-0.15, -0.1) is 0 Å². The first kappa shape index (κ1) is 16.6. The van der Waals surface area contributed by atoms with Gasteiger partial charge in [0.1, 0.15) is 0 Å². The third-order valence-electron chi connectivity index (χ3n) is 4.39. The van der Waals surface area contributed by atoms with Gasteiger partial charge in [0.25, 0.3) is 0 Å². The zero-order valence-electron chi connectivity index (χ0n) is 13.5. The molecule has 1 fully saturated rings. The average Bonchev–Trinajstić information content (AvgIpc) is 2.90. The molecular formula is C17H27ClN2O. The molecule has 1 aliphatic heterocycles. The number of hydrogen-bond donors (Lipinski definition) is 1. The summed E-state index contributed by atoms with van der Waals surface area (Å²) < 4.78 is 5.66. The normalized spacial score (nSPS) is 23.3. The van der Waals surface area contributed by atoms with Crippen LogP contribution >= 0.6 is 11.6 Å². The molecule has 0 amide bonds. The molecule has 3 atom stereocenters. The molecule has 118 valence electrons. The van der Waals surface area contributed by atoms with E-state index in [1.54, 1.807) is 0 Å². The Morgan fingerprint density at radius 3 is 2.81 bits per heavy atom. The van der Waals surface area contributed by atoms with Crippen molar-refractivity contribution < 1.29 is 4.74 Å². The maximum atomic E-state index is 6.49. The Labute approximate surface area is 133 Å². The summed E-state index contributed by atoms with van der Waals surface area (Å²) in [7, 11) is 2.12. The van der Waals surface area contributed by atoms with Crippen LogP contribution in [0.5, 0.6) is 0 Å². The molecule has 3 unspecified atom stereocenters. The second kappa shape index (κ2) is 7.48. The van der Waals surface area contributed by atoms with Gasteiger partial charge in [0.15, 0.2) is 0 Å². The van der Waals surface area contributed by atoms with E-state index in [1.165, 1.54) is 0 Å². The molecule has 1 aliphatic rings. The number of halogens is 1. The fourth-order valence-corrected chi connectivity index (χ4v) is 3.32. The zero-order chi connectivity index (χ0) is 15.4. The van der Waals surface area contributed by atoms with Crippen molar-refractivity contribution in [3.05, 3.63) is 28.8 Å². The predicted octanol–water partition coefficient (Wildman–Crippen LogP) is 4.01. The van der Waals surface area contributed by atoms with Gasteiger partial charge in [-0.25, -0.2) is 0 Å². The van der Waals surface area contributed by atoms with Crippen molar-refractivity contribution in [3.8, 4) is 0 Å². The number of hydrogen-bond acceptors (Lipinski definition) is 3. The largest absolute Gasteiger partial charge is 0.376 e. The maximum Gasteiger partial charge on any atom is 0.0750 e. The standard InChI is InChI=1S/C17H27ClN2O/c1-5-9-19-12(2)15-7-6-14(11-16(15)18)20(4)17-8-10-21-13(17)3/h6-7,11-13,17,19H,5,8-10H2,1-4H3. The van der Waals surface area contributed by atoms with Gasteiger partial charge in [0.2, 0.25) is 0 Å². The van der Waals surface area contributed by atoms with Crippen LogP contribution in [-0.4, -0.2) is 32.3 Å². The number of nitrogens with one attached hydrogen (secondary N) is 1. The lowest BCUT2D eigenvalue weighted by Crippen LogP contribution is -2.36. The molecule has 1 aromatic rings. The minimum absolute atomic E-state index is 0.276. The van der Waals surface area contributed by atoms with E-state index in [-0.39, 0.29) is 12.1 Å². The molecule has 0 radical (unpaired) electrons. The highest BCUT2D eigenvalue weighted by Gasteiger charge is 2.28. The van der Waals surface area contributed by atoms with E-state index in [9.17, 15) is 0 Å². The minimum atomic E-state index is 0.276. The highest BCUT2D eigenvalue weighted by atomic mass is 35.5. The van der Waals surface area contributed by atoms with Crippen LogP contribution < -0.4 is 10.2 Å². The molecule has 1 N–H and O–H groups in total. The Kier molecular flexibility index (Phi) is 5.91. The molecule has 0 bridgehead atoms. The van der Waals surface area contributed by atoms with E-state index in [0.717, 1.165) is 42.3 Å². The van der Waals surface area contributed by atoms with Crippen molar-refractivity contribution in [1.82, 2.24) is 5.32 Å². The van der Waals surface area contributed by atoms with E-state index < -0.39 is 0 Å². The van der Waals surface area contributed by atoms with Gasteiger partial charge in [-0.1, -0.05) is 24.6 Å². The van der Waals surface area contributed by atoms with Crippen LogP contribution in [-0.2, 0) is 4.74 Å². The minimum Gasteiger partial charge on any atom is -0.376 e. The van der Waals surface area contributed by atoms with Gasteiger partial charge in [0, 0.05) is 30.4 Å². The van der Waals surface area contributed by atoms with Gasteiger partial charge in [0.05, 0.1) is 12.1 Å². The summed E-state index contributed by atoms with van der Waals surface area (Å²) in [5.74, 6) is 0. The summed E-state index contributed by atoms with van der Waals surface area (Å²) in [5, 5.41) is 4.32. The molecule has 1 aromatic carbocycles. The third kappa shape index (κ3) is 3.91. The number of likely N-dealkylation sites (N-methyl/N-ethyl adjacent to an activating group) is 1. The van der Waals surface area contributed by atoms with Crippen molar-refractivity contribution >= 4 is 17.3 Å². The van der Waals surface area contributed by atoms with Crippen LogP contribution in [0.25, 0.3) is 0 Å². The van der Waals surface area contributed by atoms with Crippen LogP contribution in [0.1, 0.15) is 45.2 Å². The van der Waals surface area contributed by atoms with E-state index in [1.807, 2.05) is 0 Å². The van der Waals surface area contributed by atoms with Gasteiger partial charge < -0.3 is 15.0 Å². The Morgan fingerprint density at radius 1 is 1.48 bits per heavy atom. The lowest BCUT2D eigenvalue weighted by molar-refractivity contribution is 0.118. The van der Waals surface area contributed by atoms with Gasteiger partial charge in [-0.05, 0) is 50.9 Å². The maximum absolute atomic E-state index is 6.49. The van der Waals surface area contributed by atoms with E-state index in [4.69, 9.17) is 16.3 Å². The SMILES string of the molecule is CCCNC(C)c1ccc(N(C)C2CCOC2C)cc1Cl. The topological polar surface area (TPSA) is 24.5 Å². The summed E-state index contributed by atoms with van der Waals surface area (Å²) in [6, 6.07) is 7.10. The van der Waals surface area contributed by atoms with Crippen LogP contribution in [0.4, 0.5) is 5.69 Å².